The van der Waals surface area contributed by atoms with Crippen molar-refractivity contribution in [2.45, 2.75) is 20.8 Å². The molecule has 0 unspecified atom stereocenters. The summed E-state index contributed by atoms with van der Waals surface area (Å²) in [6.45, 7) is 5.53. The van der Waals surface area contributed by atoms with Crippen LogP contribution in [-0.2, 0) is 14.3 Å². The van der Waals surface area contributed by atoms with E-state index in [1.165, 1.54) is 6.08 Å². The highest BCUT2D eigenvalue weighted by atomic mass is 32.1. The molecule has 0 spiro atoms. The smallest absolute Gasteiger partial charge is 0.331 e. The SMILES string of the molecule is Cc1ccc(C)c(NC(=O)COC(=O)/C=C/c2sccc2C)c1. The third kappa shape index (κ3) is 5.07. The number of amides is 1. The van der Waals surface area contributed by atoms with E-state index in [2.05, 4.69) is 5.32 Å². The maximum atomic E-state index is 11.9. The third-order valence-corrected chi connectivity index (χ3v) is 4.27. The molecule has 5 heteroatoms. The summed E-state index contributed by atoms with van der Waals surface area (Å²) >= 11 is 1.55. The molecule has 0 bridgehead atoms. The highest BCUT2D eigenvalue weighted by Crippen LogP contribution is 2.17. The van der Waals surface area contributed by atoms with E-state index in [9.17, 15) is 9.59 Å². The van der Waals surface area contributed by atoms with Crippen LogP contribution in [0, 0.1) is 20.8 Å². The van der Waals surface area contributed by atoms with Crippen LogP contribution >= 0.6 is 11.3 Å². The van der Waals surface area contributed by atoms with Gasteiger partial charge in [0.15, 0.2) is 6.61 Å². The molecule has 0 aliphatic carbocycles. The summed E-state index contributed by atoms with van der Waals surface area (Å²) in [6, 6.07) is 7.77. The number of rotatable bonds is 5. The van der Waals surface area contributed by atoms with Gasteiger partial charge in [-0.1, -0.05) is 12.1 Å². The van der Waals surface area contributed by atoms with Crippen molar-refractivity contribution in [3.8, 4) is 0 Å². The van der Waals surface area contributed by atoms with Crippen LogP contribution in [-0.4, -0.2) is 18.5 Å². The summed E-state index contributed by atoms with van der Waals surface area (Å²) in [7, 11) is 0. The number of esters is 1. The van der Waals surface area contributed by atoms with Gasteiger partial charge in [-0.2, -0.15) is 0 Å². The average Bonchev–Trinajstić information content (AvgIpc) is 2.92. The zero-order valence-electron chi connectivity index (χ0n) is 13.4. The molecular weight excluding hydrogens is 310 g/mol. The first-order valence-electron chi connectivity index (χ1n) is 7.22. The lowest BCUT2D eigenvalue weighted by atomic mass is 10.1. The zero-order valence-corrected chi connectivity index (χ0v) is 14.2. The Bertz CT molecular complexity index is 746. The van der Waals surface area contributed by atoms with Gasteiger partial charge in [-0.3, -0.25) is 4.79 Å². The van der Waals surface area contributed by atoms with Crippen LogP contribution in [0.1, 0.15) is 21.6 Å². The minimum atomic E-state index is -0.533. The number of anilines is 1. The molecule has 0 aliphatic rings. The molecule has 0 radical (unpaired) electrons. The quantitative estimate of drug-likeness (QED) is 0.669. The summed E-state index contributed by atoms with van der Waals surface area (Å²) in [4.78, 5) is 24.5. The van der Waals surface area contributed by atoms with Crippen molar-refractivity contribution in [2.24, 2.45) is 0 Å². The Kier molecular flexibility index (Phi) is 5.71. The monoisotopic (exact) mass is 329 g/mol. The molecule has 2 aromatic rings. The Balaban J connectivity index is 1.84. The minimum absolute atomic E-state index is 0.306. The summed E-state index contributed by atoms with van der Waals surface area (Å²) in [5.41, 5.74) is 3.85. The molecule has 0 aliphatic heterocycles. The molecule has 0 atom stereocenters. The van der Waals surface area contributed by atoms with Crippen LogP contribution in [0.5, 0.6) is 0 Å². The van der Waals surface area contributed by atoms with Gasteiger partial charge in [0.25, 0.3) is 5.91 Å². The van der Waals surface area contributed by atoms with Crippen molar-refractivity contribution in [3.63, 3.8) is 0 Å². The third-order valence-electron chi connectivity index (χ3n) is 3.29. The molecule has 0 saturated heterocycles. The number of carbonyl (C=O) groups excluding carboxylic acids is 2. The Morgan fingerprint density at radius 1 is 1.17 bits per heavy atom. The summed E-state index contributed by atoms with van der Waals surface area (Å²) in [6.07, 6.45) is 3.04. The number of benzene rings is 1. The van der Waals surface area contributed by atoms with Crippen LogP contribution in [0.2, 0.25) is 0 Å². The highest BCUT2D eigenvalue weighted by molar-refractivity contribution is 7.11. The average molecular weight is 329 g/mol. The molecule has 2 rings (SSSR count). The fourth-order valence-corrected chi connectivity index (χ4v) is 2.76. The second-order valence-electron chi connectivity index (χ2n) is 5.28. The van der Waals surface area contributed by atoms with Gasteiger partial charge in [0, 0.05) is 16.6 Å². The van der Waals surface area contributed by atoms with Gasteiger partial charge in [0.05, 0.1) is 0 Å². The Morgan fingerprint density at radius 3 is 2.65 bits per heavy atom. The molecule has 1 N–H and O–H groups in total. The first kappa shape index (κ1) is 17.0. The van der Waals surface area contributed by atoms with E-state index in [4.69, 9.17) is 4.74 Å². The predicted octanol–water partition coefficient (Wildman–Crippen LogP) is 3.87. The van der Waals surface area contributed by atoms with Gasteiger partial charge in [0.2, 0.25) is 0 Å². The van der Waals surface area contributed by atoms with E-state index < -0.39 is 5.97 Å². The number of thiophene rings is 1. The van der Waals surface area contributed by atoms with Crippen LogP contribution in [0.4, 0.5) is 5.69 Å². The van der Waals surface area contributed by atoms with E-state index >= 15 is 0 Å². The van der Waals surface area contributed by atoms with Crippen molar-refractivity contribution >= 4 is 35.0 Å². The van der Waals surface area contributed by atoms with Gasteiger partial charge in [-0.15, -0.1) is 11.3 Å². The van der Waals surface area contributed by atoms with E-state index in [0.717, 1.165) is 27.3 Å². The molecule has 1 heterocycles. The molecule has 0 fully saturated rings. The second-order valence-corrected chi connectivity index (χ2v) is 6.22. The highest BCUT2D eigenvalue weighted by Gasteiger charge is 2.07. The van der Waals surface area contributed by atoms with Crippen LogP contribution in [0.3, 0.4) is 0 Å². The van der Waals surface area contributed by atoms with Crippen LogP contribution in [0.15, 0.2) is 35.7 Å². The fourth-order valence-electron chi connectivity index (χ4n) is 1.94. The lowest BCUT2D eigenvalue weighted by molar-refractivity contribution is -0.142. The van der Waals surface area contributed by atoms with Crippen molar-refractivity contribution < 1.29 is 14.3 Å². The Hall–Kier alpha value is -2.40. The summed E-state index contributed by atoms with van der Waals surface area (Å²) < 4.78 is 4.95. The first-order valence-corrected chi connectivity index (χ1v) is 8.09. The standard InChI is InChI=1S/C18H19NO3S/c1-12-4-5-13(2)15(10-12)19-17(20)11-22-18(21)7-6-16-14(3)8-9-23-16/h4-10H,11H2,1-3H3,(H,19,20)/b7-6+. The minimum Gasteiger partial charge on any atom is -0.452 e. The largest absolute Gasteiger partial charge is 0.452 e. The van der Waals surface area contributed by atoms with E-state index in [0.29, 0.717) is 0 Å². The molecular formula is C18H19NO3S. The van der Waals surface area contributed by atoms with Crippen molar-refractivity contribution in [2.75, 3.05) is 11.9 Å². The fraction of sp³-hybridized carbons (Fsp3) is 0.222. The van der Waals surface area contributed by atoms with Crippen LogP contribution in [0.25, 0.3) is 6.08 Å². The van der Waals surface area contributed by atoms with Crippen molar-refractivity contribution in [3.05, 3.63) is 57.3 Å². The topological polar surface area (TPSA) is 55.4 Å². The van der Waals surface area contributed by atoms with Gasteiger partial charge in [-0.05, 0) is 61.1 Å². The number of hydrogen-bond donors (Lipinski definition) is 1. The predicted molar refractivity (Wildman–Crippen MR) is 93.6 cm³/mol. The van der Waals surface area contributed by atoms with Crippen molar-refractivity contribution in [1.82, 2.24) is 0 Å². The number of aryl methyl sites for hydroxylation is 3. The van der Waals surface area contributed by atoms with Gasteiger partial charge in [0.1, 0.15) is 0 Å². The number of ether oxygens (including phenoxy) is 1. The van der Waals surface area contributed by atoms with Gasteiger partial charge < -0.3 is 10.1 Å². The van der Waals surface area contributed by atoms with Gasteiger partial charge in [-0.25, -0.2) is 4.79 Å². The summed E-state index contributed by atoms with van der Waals surface area (Å²) in [5, 5.41) is 4.70. The number of carbonyl (C=O) groups is 2. The van der Waals surface area contributed by atoms with Gasteiger partial charge >= 0.3 is 5.97 Å². The molecule has 120 valence electrons. The van der Waals surface area contributed by atoms with E-state index in [-0.39, 0.29) is 12.5 Å². The maximum absolute atomic E-state index is 11.9. The molecule has 1 amide bonds. The molecule has 1 aromatic heterocycles. The number of hydrogen-bond acceptors (Lipinski definition) is 4. The van der Waals surface area contributed by atoms with E-state index in [1.54, 1.807) is 17.4 Å². The number of nitrogens with one attached hydrogen (secondary N) is 1. The normalized spacial score (nSPS) is 10.7. The lowest BCUT2D eigenvalue weighted by Crippen LogP contribution is -2.20. The first-order chi connectivity index (χ1) is 11.0. The van der Waals surface area contributed by atoms with Crippen molar-refractivity contribution in [1.29, 1.82) is 0 Å². The summed E-state index contributed by atoms with van der Waals surface area (Å²) in [5.74, 6) is -0.887. The Labute approximate surface area is 139 Å². The molecule has 23 heavy (non-hydrogen) atoms. The maximum Gasteiger partial charge on any atom is 0.331 e. The Morgan fingerprint density at radius 2 is 1.96 bits per heavy atom. The lowest BCUT2D eigenvalue weighted by Gasteiger charge is -2.09. The van der Waals surface area contributed by atoms with Crippen LogP contribution < -0.4 is 5.32 Å². The molecule has 1 aromatic carbocycles. The van der Waals surface area contributed by atoms with E-state index in [1.807, 2.05) is 50.4 Å². The molecule has 0 saturated carbocycles. The molecule has 4 nitrogen and oxygen atoms in total. The zero-order chi connectivity index (χ0) is 16.8. The second kappa shape index (κ2) is 7.74.